The number of nitrogens with one attached hydrogen (secondary N) is 2. The number of hydrogen-bond acceptors (Lipinski definition) is 5. The van der Waals surface area contributed by atoms with Crippen LogP contribution in [0.4, 0.5) is 0 Å². The molecule has 2 amide bonds. The minimum atomic E-state index is -0.365. The standard InChI is InChI=1S/C13H15N5O3/c14-6-3-12(20)18-7-4-9(5-8-18)15-13(21)10-1-2-11(19)17-16-10/h1-2,9H,3-5,7-8H2,(H,15,21)(H,17,19). The van der Waals surface area contributed by atoms with Crippen LogP contribution in [-0.2, 0) is 4.79 Å². The van der Waals surface area contributed by atoms with Crippen molar-refractivity contribution < 1.29 is 9.59 Å². The summed E-state index contributed by atoms with van der Waals surface area (Å²) in [6, 6.07) is 4.39. The fourth-order valence-electron chi connectivity index (χ4n) is 2.18. The summed E-state index contributed by atoms with van der Waals surface area (Å²) in [5.41, 5.74) is -0.214. The number of H-pyrrole nitrogens is 1. The highest BCUT2D eigenvalue weighted by Gasteiger charge is 2.24. The lowest BCUT2D eigenvalue weighted by molar-refractivity contribution is -0.131. The number of piperidine rings is 1. The molecule has 1 aromatic heterocycles. The van der Waals surface area contributed by atoms with Crippen molar-refractivity contribution in [2.75, 3.05) is 13.1 Å². The van der Waals surface area contributed by atoms with Gasteiger partial charge in [0.15, 0.2) is 0 Å². The summed E-state index contributed by atoms with van der Waals surface area (Å²) in [6.45, 7) is 1.04. The lowest BCUT2D eigenvalue weighted by atomic mass is 10.0. The van der Waals surface area contributed by atoms with Gasteiger partial charge in [-0.1, -0.05) is 0 Å². The fourth-order valence-corrected chi connectivity index (χ4v) is 2.18. The zero-order valence-corrected chi connectivity index (χ0v) is 11.3. The summed E-state index contributed by atoms with van der Waals surface area (Å²) >= 11 is 0. The van der Waals surface area contributed by atoms with Crippen molar-refractivity contribution >= 4 is 11.8 Å². The number of rotatable bonds is 3. The molecule has 0 unspecified atom stereocenters. The van der Waals surface area contributed by atoms with Crippen molar-refractivity contribution in [3.05, 3.63) is 28.2 Å². The lowest BCUT2D eigenvalue weighted by Gasteiger charge is -2.31. The van der Waals surface area contributed by atoms with Crippen molar-refractivity contribution in [1.82, 2.24) is 20.4 Å². The summed E-state index contributed by atoms with van der Waals surface area (Å²) in [6.07, 6.45) is 1.15. The molecule has 8 heteroatoms. The Morgan fingerprint density at radius 1 is 1.43 bits per heavy atom. The van der Waals surface area contributed by atoms with Gasteiger partial charge in [-0.15, -0.1) is 0 Å². The van der Waals surface area contributed by atoms with Gasteiger partial charge in [0.1, 0.15) is 12.1 Å². The highest BCUT2D eigenvalue weighted by Crippen LogP contribution is 2.11. The fraction of sp³-hybridized carbons (Fsp3) is 0.462. The van der Waals surface area contributed by atoms with Gasteiger partial charge in [0.05, 0.1) is 6.07 Å². The molecule has 1 aliphatic rings. The second-order valence-electron chi connectivity index (χ2n) is 4.77. The average molecular weight is 289 g/mol. The van der Waals surface area contributed by atoms with E-state index in [1.54, 1.807) is 4.90 Å². The van der Waals surface area contributed by atoms with Gasteiger partial charge in [-0.05, 0) is 18.9 Å². The molecule has 0 spiro atoms. The predicted molar refractivity (Wildman–Crippen MR) is 72.2 cm³/mol. The van der Waals surface area contributed by atoms with Gasteiger partial charge in [-0.25, -0.2) is 5.10 Å². The van der Waals surface area contributed by atoms with Gasteiger partial charge in [0, 0.05) is 25.2 Å². The number of aromatic amines is 1. The maximum absolute atomic E-state index is 11.9. The quantitative estimate of drug-likeness (QED) is 0.770. The minimum Gasteiger partial charge on any atom is -0.348 e. The van der Waals surface area contributed by atoms with Gasteiger partial charge in [-0.3, -0.25) is 14.4 Å². The Balaban J connectivity index is 1.85. The maximum Gasteiger partial charge on any atom is 0.271 e. The first-order valence-corrected chi connectivity index (χ1v) is 6.61. The molecule has 110 valence electrons. The highest BCUT2D eigenvalue weighted by molar-refractivity contribution is 5.92. The first-order valence-electron chi connectivity index (χ1n) is 6.61. The third kappa shape index (κ3) is 3.89. The number of carbonyl (C=O) groups is 2. The van der Waals surface area contributed by atoms with E-state index in [9.17, 15) is 14.4 Å². The van der Waals surface area contributed by atoms with Crippen molar-refractivity contribution in [3.63, 3.8) is 0 Å². The summed E-state index contributed by atoms with van der Waals surface area (Å²) in [4.78, 5) is 36.0. The van der Waals surface area contributed by atoms with Crippen molar-refractivity contribution in [2.24, 2.45) is 0 Å². The van der Waals surface area contributed by atoms with Gasteiger partial charge in [0.25, 0.3) is 11.5 Å². The Bertz CT molecular complexity index is 605. The molecular formula is C13H15N5O3. The third-order valence-corrected chi connectivity index (χ3v) is 3.32. The normalized spacial score (nSPS) is 15.3. The predicted octanol–water partition coefficient (Wildman–Crippen LogP) is -0.596. The highest BCUT2D eigenvalue weighted by atomic mass is 16.2. The molecule has 0 aliphatic carbocycles. The largest absolute Gasteiger partial charge is 0.348 e. The maximum atomic E-state index is 11.9. The molecule has 1 aromatic rings. The second-order valence-corrected chi connectivity index (χ2v) is 4.77. The number of carbonyl (C=O) groups excluding carboxylic acids is 2. The van der Waals surface area contributed by atoms with Crippen LogP contribution in [0, 0.1) is 11.3 Å². The molecule has 2 rings (SSSR count). The molecule has 1 fully saturated rings. The van der Waals surface area contributed by atoms with Gasteiger partial charge < -0.3 is 10.2 Å². The summed E-state index contributed by atoms with van der Waals surface area (Å²) in [7, 11) is 0. The second kappa shape index (κ2) is 6.65. The molecule has 2 N–H and O–H groups in total. The monoisotopic (exact) mass is 289 g/mol. The summed E-state index contributed by atoms with van der Waals surface area (Å²) in [5, 5.41) is 17.2. The minimum absolute atomic E-state index is 0.0441. The summed E-state index contributed by atoms with van der Waals surface area (Å²) in [5.74, 6) is -0.530. The van der Waals surface area contributed by atoms with Crippen molar-refractivity contribution in [2.45, 2.75) is 25.3 Å². The number of likely N-dealkylation sites (tertiary alicyclic amines) is 1. The first kappa shape index (κ1) is 14.7. The van der Waals surface area contributed by atoms with Crippen LogP contribution in [-0.4, -0.2) is 46.0 Å². The van der Waals surface area contributed by atoms with E-state index in [2.05, 4.69) is 15.5 Å². The van der Waals surface area contributed by atoms with Crippen LogP contribution in [0.3, 0.4) is 0 Å². The van der Waals surface area contributed by atoms with Crippen LogP contribution >= 0.6 is 0 Å². The van der Waals surface area contributed by atoms with Gasteiger partial charge >= 0.3 is 0 Å². The van der Waals surface area contributed by atoms with E-state index >= 15 is 0 Å². The molecule has 0 atom stereocenters. The van der Waals surface area contributed by atoms with E-state index in [0.717, 1.165) is 0 Å². The molecule has 1 aliphatic heterocycles. The van der Waals surface area contributed by atoms with Crippen LogP contribution in [0.25, 0.3) is 0 Å². The summed E-state index contributed by atoms with van der Waals surface area (Å²) < 4.78 is 0. The molecule has 8 nitrogen and oxygen atoms in total. The third-order valence-electron chi connectivity index (χ3n) is 3.32. The van der Waals surface area contributed by atoms with E-state index in [-0.39, 0.29) is 35.5 Å². The zero-order valence-electron chi connectivity index (χ0n) is 11.3. The molecule has 2 heterocycles. The number of nitrogens with zero attached hydrogens (tertiary/aromatic N) is 3. The van der Waals surface area contributed by atoms with E-state index < -0.39 is 0 Å². The molecule has 21 heavy (non-hydrogen) atoms. The van der Waals surface area contributed by atoms with Crippen LogP contribution < -0.4 is 10.9 Å². The first-order chi connectivity index (χ1) is 10.1. The van der Waals surface area contributed by atoms with E-state index in [0.29, 0.717) is 25.9 Å². The Hall–Kier alpha value is -2.69. The molecular weight excluding hydrogens is 274 g/mol. The van der Waals surface area contributed by atoms with Crippen LogP contribution in [0.5, 0.6) is 0 Å². The molecule has 0 aromatic carbocycles. The van der Waals surface area contributed by atoms with E-state index in [4.69, 9.17) is 5.26 Å². The van der Waals surface area contributed by atoms with Crippen molar-refractivity contribution in [1.29, 1.82) is 5.26 Å². The van der Waals surface area contributed by atoms with E-state index in [1.807, 2.05) is 6.07 Å². The topological polar surface area (TPSA) is 119 Å². The zero-order chi connectivity index (χ0) is 15.2. The Kier molecular flexibility index (Phi) is 4.66. The average Bonchev–Trinajstić information content (AvgIpc) is 2.49. The van der Waals surface area contributed by atoms with Crippen LogP contribution in [0.1, 0.15) is 29.8 Å². The van der Waals surface area contributed by atoms with E-state index in [1.165, 1.54) is 12.1 Å². The molecule has 0 radical (unpaired) electrons. The number of nitriles is 1. The molecule has 0 bridgehead atoms. The number of aromatic nitrogens is 2. The smallest absolute Gasteiger partial charge is 0.271 e. The Morgan fingerprint density at radius 3 is 2.71 bits per heavy atom. The molecule has 1 saturated heterocycles. The number of hydrogen-bond donors (Lipinski definition) is 2. The van der Waals surface area contributed by atoms with Crippen molar-refractivity contribution in [3.8, 4) is 6.07 Å². The van der Waals surface area contributed by atoms with Crippen LogP contribution in [0.2, 0.25) is 0 Å². The SMILES string of the molecule is N#CCC(=O)N1CCC(NC(=O)c2ccc(=O)[nH]n2)CC1. The molecule has 0 saturated carbocycles. The number of amides is 2. The Labute approximate surface area is 120 Å². The van der Waals surface area contributed by atoms with Gasteiger partial charge in [-0.2, -0.15) is 10.4 Å². The lowest BCUT2D eigenvalue weighted by Crippen LogP contribution is -2.46. The van der Waals surface area contributed by atoms with Crippen LogP contribution in [0.15, 0.2) is 16.9 Å². The van der Waals surface area contributed by atoms with Gasteiger partial charge in [0.2, 0.25) is 5.91 Å². The Morgan fingerprint density at radius 2 is 2.14 bits per heavy atom.